The van der Waals surface area contributed by atoms with Crippen LogP contribution in [-0.4, -0.2) is 5.71 Å². The molecule has 0 fully saturated rings. The van der Waals surface area contributed by atoms with Crippen molar-refractivity contribution in [2.24, 2.45) is 4.99 Å². The van der Waals surface area contributed by atoms with Crippen molar-refractivity contribution >= 4 is 66.8 Å². The summed E-state index contributed by atoms with van der Waals surface area (Å²) in [5.74, 6) is -0.00484. The Morgan fingerprint density at radius 1 is 0.544 bits per heavy atom. The summed E-state index contributed by atoms with van der Waals surface area (Å²) in [6, 6.07) is 67.7. The Morgan fingerprint density at radius 3 is 2.00 bits per heavy atom. The predicted octanol–water partition coefficient (Wildman–Crippen LogP) is 14.7. The van der Waals surface area contributed by atoms with Gasteiger partial charge in [-0.2, -0.15) is 0 Å². The van der Waals surface area contributed by atoms with E-state index in [1.54, 1.807) is 0 Å². The maximum atomic E-state index is 6.91. The maximum Gasteiger partial charge on any atom is 0.145 e. The zero-order valence-corrected chi connectivity index (χ0v) is 31.6. The van der Waals surface area contributed by atoms with Crippen molar-refractivity contribution in [2.75, 3.05) is 4.90 Å². The summed E-state index contributed by atoms with van der Waals surface area (Å²) in [4.78, 5) is 8.18. The standard InChI is InChI=1S/C54H38N2O/c1-35-45(37-16-7-3-8-17-37)29-30-46-38-24-27-43(28-25-38)56(44-22-13-21-40(32-44)36-14-5-2-6-15-36)49-34-41-20-11-12-23-47(41)54-51(49)48-33-42(26-31-50(48)57-54)53(46)55-52(35)39-18-9-4-10-19-39/h2-29,31-34,46H,30H2,1H3/b45-29+,52-35-,55-53-. The molecule has 4 heterocycles. The molecule has 3 aliphatic rings. The molecule has 9 aromatic rings. The van der Waals surface area contributed by atoms with Crippen molar-refractivity contribution in [3.63, 3.8) is 0 Å². The Kier molecular flexibility index (Phi) is 7.85. The first-order valence-corrected chi connectivity index (χ1v) is 19.7. The maximum absolute atomic E-state index is 6.91. The molecule has 0 saturated carbocycles. The number of fused-ring (bicyclic) bond motifs is 4. The van der Waals surface area contributed by atoms with Gasteiger partial charge in [0.25, 0.3) is 0 Å². The number of aliphatic imine (C=N–C) groups is 1. The van der Waals surface area contributed by atoms with Crippen LogP contribution in [0, 0.1) is 0 Å². The van der Waals surface area contributed by atoms with Gasteiger partial charge in [-0.3, -0.25) is 4.99 Å². The number of nitrogens with zero attached hydrogens (tertiary/aromatic N) is 2. The van der Waals surface area contributed by atoms with Crippen LogP contribution in [0.5, 0.6) is 0 Å². The quantitative estimate of drug-likeness (QED) is 0.180. The SMILES string of the molecule is CC1=C(c2ccccc2)/N=C2/c3ccc4oc5c6ccccc6cc(c5c4c3)N(c3cccc(-c4ccccc4)c3)c3ccc(cc3)C2C/C=C\1c1ccccc1. The van der Waals surface area contributed by atoms with E-state index in [-0.39, 0.29) is 5.92 Å². The first-order chi connectivity index (χ1) is 28.2. The minimum atomic E-state index is -0.00484. The molecule has 1 aromatic heterocycles. The Balaban J connectivity index is 1.22. The summed E-state index contributed by atoms with van der Waals surface area (Å²) in [5.41, 5.74) is 16.4. The summed E-state index contributed by atoms with van der Waals surface area (Å²) in [6.07, 6.45) is 3.23. The van der Waals surface area contributed by atoms with Gasteiger partial charge in [-0.1, -0.05) is 146 Å². The van der Waals surface area contributed by atoms with Crippen LogP contribution in [0.4, 0.5) is 17.1 Å². The molecule has 12 rings (SSSR count). The van der Waals surface area contributed by atoms with E-state index in [0.29, 0.717) is 0 Å². The Labute approximate surface area is 332 Å². The highest BCUT2D eigenvalue weighted by Crippen LogP contribution is 2.48. The summed E-state index contributed by atoms with van der Waals surface area (Å²) in [7, 11) is 0. The summed E-state index contributed by atoms with van der Waals surface area (Å²) in [5, 5.41) is 4.39. The van der Waals surface area contributed by atoms with Crippen molar-refractivity contribution in [1.29, 1.82) is 0 Å². The molecule has 1 atom stereocenters. The van der Waals surface area contributed by atoms with Gasteiger partial charge in [0.1, 0.15) is 11.2 Å². The molecule has 0 spiro atoms. The average molecular weight is 731 g/mol. The van der Waals surface area contributed by atoms with E-state index < -0.39 is 0 Å². The van der Waals surface area contributed by atoms with Gasteiger partial charge in [0.2, 0.25) is 0 Å². The van der Waals surface area contributed by atoms with E-state index in [4.69, 9.17) is 9.41 Å². The zero-order valence-electron chi connectivity index (χ0n) is 31.6. The molecule has 57 heavy (non-hydrogen) atoms. The van der Waals surface area contributed by atoms with Crippen LogP contribution >= 0.6 is 0 Å². The van der Waals surface area contributed by atoms with E-state index in [9.17, 15) is 0 Å². The van der Waals surface area contributed by atoms with Crippen LogP contribution in [0.2, 0.25) is 0 Å². The average Bonchev–Trinajstić information content (AvgIpc) is 3.66. The molecule has 8 aromatic carbocycles. The molecule has 270 valence electrons. The lowest BCUT2D eigenvalue weighted by molar-refractivity contribution is 0.672. The fourth-order valence-corrected chi connectivity index (χ4v) is 8.96. The molecule has 4 bridgehead atoms. The Morgan fingerprint density at radius 2 is 1.23 bits per heavy atom. The van der Waals surface area contributed by atoms with Gasteiger partial charge in [0, 0.05) is 33.6 Å². The van der Waals surface area contributed by atoms with Gasteiger partial charge in [-0.15, -0.1) is 0 Å². The molecule has 0 saturated heterocycles. The highest BCUT2D eigenvalue weighted by atomic mass is 16.3. The van der Waals surface area contributed by atoms with Crippen molar-refractivity contribution in [2.45, 2.75) is 19.3 Å². The lowest BCUT2D eigenvalue weighted by atomic mass is 9.83. The number of anilines is 3. The second kappa shape index (κ2) is 13.5. The molecule has 0 aliphatic carbocycles. The zero-order chi connectivity index (χ0) is 37.9. The minimum absolute atomic E-state index is 0.00484. The molecule has 3 heteroatoms. The lowest BCUT2D eigenvalue weighted by Gasteiger charge is -2.29. The molecule has 3 nitrogen and oxygen atoms in total. The van der Waals surface area contributed by atoms with Crippen LogP contribution < -0.4 is 4.90 Å². The van der Waals surface area contributed by atoms with Gasteiger partial charge >= 0.3 is 0 Å². The topological polar surface area (TPSA) is 28.7 Å². The van der Waals surface area contributed by atoms with Crippen LogP contribution in [0.15, 0.2) is 209 Å². The van der Waals surface area contributed by atoms with E-state index >= 15 is 0 Å². The third-order valence-corrected chi connectivity index (χ3v) is 11.8. The van der Waals surface area contributed by atoms with Gasteiger partial charge in [0.05, 0.1) is 22.5 Å². The van der Waals surface area contributed by atoms with Gasteiger partial charge in [-0.25, -0.2) is 0 Å². The smallest absolute Gasteiger partial charge is 0.145 e. The van der Waals surface area contributed by atoms with Crippen molar-refractivity contribution < 1.29 is 4.42 Å². The molecule has 1 unspecified atom stereocenters. The second-order valence-corrected chi connectivity index (χ2v) is 15.1. The van der Waals surface area contributed by atoms with E-state index in [0.717, 1.165) is 84.3 Å². The number of hydrogen-bond acceptors (Lipinski definition) is 3. The first-order valence-electron chi connectivity index (χ1n) is 19.7. The fourth-order valence-electron chi connectivity index (χ4n) is 8.96. The highest BCUT2D eigenvalue weighted by molar-refractivity contribution is 6.23. The van der Waals surface area contributed by atoms with E-state index in [1.807, 2.05) is 0 Å². The predicted molar refractivity (Wildman–Crippen MR) is 239 cm³/mol. The van der Waals surface area contributed by atoms with Crippen LogP contribution in [0.25, 0.3) is 55.1 Å². The lowest BCUT2D eigenvalue weighted by Crippen LogP contribution is -2.17. The Hall–Kier alpha value is -7.23. The number of rotatable bonds is 4. The monoisotopic (exact) mass is 730 g/mol. The molecule has 0 N–H and O–H groups in total. The van der Waals surface area contributed by atoms with E-state index in [1.165, 1.54) is 27.8 Å². The number of allylic oxidation sites excluding steroid dienone is 3. The van der Waals surface area contributed by atoms with Gasteiger partial charge in [0.15, 0.2) is 0 Å². The normalized spacial score (nSPS) is 18.4. The molecule has 3 aliphatic heterocycles. The summed E-state index contributed by atoms with van der Waals surface area (Å²) >= 11 is 0. The van der Waals surface area contributed by atoms with Crippen LogP contribution in [0.3, 0.4) is 0 Å². The number of hydrogen-bond donors (Lipinski definition) is 0. The Bertz CT molecular complexity index is 3080. The minimum Gasteiger partial charge on any atom is -0.455 e. The third-order valence-electron chi connectivity index (χ3n) is 11.8. The largest absolute Gasteiger partial charge is 0.455 e. The van der Waals surface area contributed by atoms with Crippen molar-refractivity contribution in [3.05, 3.63) is 222 Å². The fraction of sp³-hybridized carbons (Fsp3) is 0.0556. The molecule has 0 amide bonds. The van der Waals surface area contributed by atoms with Crippen molar-refractivity contribution in [3.8, 4) is 11.1 Å². The summed E-state index contributed by atoms with van der Waals surface area (Å²) in [6.45, 7) is 2.22. The second-order valence-electron chi connectivity index (χ2n) is 15.1. The summed E-state index contributed by atoms with van der Waals surface area (Å²) < 4.78 is 6.91. The van der Waals surface area contributed by atoms with Gasteiger partial charge in [-0.05, 0) is 106 Å². The van der Waals surface area contributed by atoms with Crippen molar-refractivity contribution in [1.82, 2.24) is 0 Å². The molecular weight excluding hydrogens is 693 g/mol. The first kappa shape index (κ1) is 33.1. The van der Waals surface area contributed by atoms with E-state index in [2.05, 4.69) is 206 Å². The number of furan rings is 1. The third kappa shape index (κ3) is 5.62. The molecular formula is C54H38N2O. The highest BCUT2D eigenvalue weighted by Gasteiger charge is 2.28. The molecule has 0 radical (unpaired) electrons. The number of benzene rings is 8. The van der Waals surface area contributed by atoms with Crippen LogP contribution in [0.1, 0.15) is 41.5 Å². The van der Waals surface area contributed by atoms with Crippen LogP contribution in [-0.2, 0) is 0 Å². The van der Waals surface area contributed by atoms with Gasteiger partial charge < -0.3 is 9.32 Å².